The van der Waals surface area contributed by atoms with Crippen LogP contribution in [-0.4, -0.2) is 30.5 Å². The van der Waals surface area contributed by atoms with Gasteiger partial charge >= 0.3 is 0 Å². The number of ether oxygens (including phenoxy) is 1. The molecule has 0 aromatic heterocycles. The Bertz CT molecular complexity index is 195. The predicted molar refractivity (Wildman–Crippen MR) is 77.8 cm³/mol. The molecule has 1 saturated heterocycles. The highest BCUT2D eigenvalue weighted by atomic mass is 32.2. The zero-order chi connectivity index (χ0) is 11.9. The van der Waals surface area contributed by atoms with Gasteiger partial charge in [0.05, 0.1) is 12.4 Å². The molecule has 2 heteroatoms. The topological polar surface area (TPSA) is 9.23 Å². The Morgan fingerprint density at radius 1 is 1.06 bits per heavy atom. The second kappa shape index (κ2) is 7.68. The fraction of sp³-hybridized carbons (Fsp3) is 1.00. The van der Waals surface area contributed by atoms with Gasteiger partial charge in [-0.15, -0.1) is 0 Å². The number of rotatable bonds is 6. The molecule has 17 heavy (non-hydrogen) atoms. The summed E-state index contributed by atoms with van der Waals surface area (Å²) in [7, 11) is 0.677. The maximum absolute atomic E-state index is 5.69. The molecule has 2 unspecified atom stereocenters. The maximum Gasteiger partial charge on any atom is 0.110 e. The van der Waals surface area contributed by atoms with Crippen molar-refractivity contribution in [2.45, 2.75) is 63.9 Å². The highest BCUT2D eigenvalue weighted by Gasteiger charge is 2.22. The number of hydrogen-bond acceptors (Lipinski definition) is 1. The summed E-state index contributed by atoms with van der Waals surface area (Å²) in [5, 5.41) is 0. The van der Waals surface area contributed by atoms with Crippen LogP contribution in [-0.2, 0) is 15.6 Å². The molecule has 1 heterocycles. The third kappa shape index (κ3) is 5.21. The first-order chi connectivity index (χ1) is 8.34. The van der Waals surface area contributed by atoms with E-state index in [1.807, 2.05) is 0 Å². The zero-order valence-corrected chi connectivity index (χ0v) is 12.3. The van der Waals surface area contributed by atoms with Crippen LogP contribution >= 0.6 is 0 Å². The Balaban J connectivity index is 1.52. The van der Waals surface area contributed by atoms with Gasteiger partial charge in [0.1, 0.15) is 11.5 Å². The molecule has 100 valence electrons. The summed E-state index contributed by atoms with van der Waals surface area (Å²) in [4.78, 5) is 0. The number of hydrogen-bond donors (Lipinski definition) is 0. The van der Waals surface area contributed by atoms with Crippen molar-refractivity contribution in [3.8, 4) is 0 Å². The molecule has 2 aliphatic rings. The molecule has 0 amide bonds. The highest BCUT2D eigenvalue weighted by molar-refractivity contribution is 7.96. The van der Waals surface area contributed by atoms with Gasteiger partial charge in [-0.25, -0.2) is 0 Å². The zero-order valence-electron chi connectivity index (χ0n) is 11.5. The monoisotopic (exact) mass is 257 g/mol. The average Bonchev–Trinajstić information content (AvgIpc) is 2.83. The van der Waals surface area contributed by atoms with Crippen molar-refractivity contribution in [2.24, 2.45) is 5.92 Å². The van der Waals surface area contributed by atoms with Gasteiger partial charge in [-0.3, -0.25) is 0 Å². The minimum absolute atomic E-state index is 0.613. The molecule has 2 atom stereocenters. The Kier molecular flexibility index (Phi) is 6.21. The molecule has 0 bridgehead atoms. The maximum atomic E-state index is 5.69. The third-order valence-corrected chi connectivity index (χ3v) is 6.31. The van der Waals surface area contributed by atoms with Crippen LogP contribution in [0.5, 0.6) is 0 Å². The Morgan fingerprint density at radius 3 is 2.59 bits per heavy atom. The van der Waals surface area contributed by atoms with Crippen LogP contribution in [0, 0.1) is 5.92 Å². The SMILES string of the molecule is C[S+](CCCC1CCCO1)CC1CCCCC1. The molecular weight excluding hydrogens is 228 g/mol. The average molecular weight is 257 g/mol. The lowest BCUT2D eigenvalue weighted by Crippen LogP contribution is -2.21. The van der Waals surface area contributed by atoms with Crippen molar-refractivity contribution in [1.82, 2.24) is 0 Å². The Hall–Kier alpha value is 0.310. The van der Waals surface area contributed by atoms with E-state index in [0.717, 1.165) is 12.5 Å². The van der Waals surface area contributed by atoms with E-state index in [-0.39, 0.29) is 0 Å². The molecule has 0 N–H and O–H groups in total. The lowest BCUT2D eigenvalue weighted by atomic mass is 9.91. The molecule has 2 fully saturated rings. The largest absolute Gasteiger partial charge is 0.378 e. The van der Waals surface area contributed by atoms with Crippen molar-refractivity contribution < 1.29 is 4.74 Å². The summed E-state index contributed by atoms with van der Waals surface area (Å²) in [6, 6.07) is 0. The minimum Gasteiger partial charge on any atom is -0.378 e. The Labute approximate surface area is 110 Å². The molecule has 0 spiro atoms. The van der Waals surface area contributed by atoms with E-state index in [1.54, 1.807) is 0 Å². The summed E-state index contributed by atoms with van der Waals surface area (Å²) >= 11 is 0. The van der Waals surface area contributed by atoms with E-state index in [2.05, 4.69) is 6.26 Å². The standard InChI is InChI=1S/C15H29OS/c1-17(13-14-7-3-2-4-8-14)12-6-10-15-9-5-11-16-15/h14-15H,2-13H2,1H3/q+1. The van der Waals surface area contributed by atoms with E-state index < -0.39 is 0 Å². The van der Waals surface area contributed by atoms with E-state index in [4.69, 9.17) is 4.74 Å². The van der Waals surface area contributed by atoms with Crippen molar-refractivity contribution >= 4 is 10.9 Å². The molecular formula is C15H29OS+. The summed E-state index contributed by atoms with van der Waals surface area (Å²) < 4.78 is 5.69. The normalized spacial score (nSPS) is 28.4. The van der Waals surface area contributed by atoms with Gasteiger partial charge in [-0.2, -0.15) is 0 Å². The van der Waals surface area contributed by atoms with E-state index >= 15 is 0 Å². The molecule has 0 aromatic carbocycles. The Morgan fingerprint density at radius 2 is 1.88 bits per heavy atom. The minimum atomic E-state index is 0.613. The highest BCUT2D eigenvalue weighted by Crippen LogP contribution is 2.25. The second-order valence-corrected chi connectivity index (χ2v) is 8.24. The van der Waals surface area contributed by atoms with Gasteiger partial charge in [0.25, 0.3) is 0 Å². The molecule has 1 aliphatic carbocycles. The van der Waals surface area contributed by atoms with Crippen molar-refractivity contribution in [2.75, 3.05) is 24.4 Å². The molecule has 0 radical (unpaired) electrons. The molecule has 0 aromatic rings. The van der Waals surface area contributed by atoms with Crippen molar-refractivity contribution in [3.63, 3.8) is 0 Å². The first-order valence-corrected chi connectivity index (χ1v) is 9.52. The summed E-state index contributed by atoms with van der Waals surface area (Å²) in [6.07, 6.45) is 16.0. The van der Waals surface area contributed by atoms with Gasteiger partial charge in [-0.1, -0.05) is 19.3 Å². The van der Waals surface area contributed by atoms with Crippen LogP contribution in [0.1, 0.15) is 57.8 Å². The van der Waals surface area contributed by atoms with Crippen LogP contribution in [0.4, 0.5) is 0 Å². The van der Waals surface area contributed by atoms with Crippen molar-refractivity contribution in [3.05, 3.63) is 0 Å². The van der Waals surface area contributed by atoms with E-state index in [9.17, 15) is 0 Å². The fourth-order valence-electron chi connectivity index (χ4n) is 3.27. The smallest absolute Gasteiger partial charge is 0.110 e. The predicted octanol–water partition coefficient (Wildman–Crippen LogP) is 3.77. The summed E-state index contributed by atoms with van der Waals surface area (Å²) in [5.74, 6) is 4.04. The fourth-order valence-corrected chi connectivity index (χ4v) is 5.23. The second-order valence-electron chi connectivity index (χ2n) is 5.93. The van der Waals surface area contributed by atoms with E-state index in [1.165, 1.54) is 69.3 Å². The van der Waals surface area contributed by atoms with Gasteiger partial charge < -0.3 is 4.74 Å². The van der Waals surface area contributed by atoms with Crippen LogP contribution in [0.25, 0.3) is 0 Å². The van der Waals surface area contributed by atoms with Gasteiger partial charge in [0.15, 0.2) is 0 Å². The van der Waals surface area contributed by atoms with Crippen LogP contribution in [0.2, 0.25) is 0 Å². The van der Waals surface area contributed by atoms with E-state index in [0.29, 0.717) is 17.0 Å². The molecule has 1 aliphatic heterocycles. The lowest BCUT2D eigenvalue weighted by molar-refractivity contribution is 0.104. The quantitative estimate of drug-likeness (QED) is 0.658. The first-order valence-electron chi connectivity index (χ1n) is 7.55. The lowest BCUT2D eigenvalue weighted by Gasteiger charge is -2.20. The summed E-state index contributed by atoms with van der Waals surface area (Å²) in [6.45, 7) is 1.02. The molecule has 1 saturated carbocycles. The first kappa shape index (κ1) is 13.7. The summed E-state index contributed by atoms with van der Waals surface area (Å²) in [5.41, 5.74) is 0. The van der Waals surface area contributed by atoms with Gasteiger partial charge in [0.2, 0.25) is 0 Å². The third-order valence-electron chi connectivity index (χ3n) is 4.29. The molecule has 1 nitrogen and oxygen atoms in total. The van der Waals surface area contributed by atoms with Crippen LogP contribution in [0.15, 0.2) is 0 Å². The van der Waals surface area contributed by atoms with Crippen LogP contribution in [0.3, 0.4) is 0 Å². The van der Waals surface area contributed by atoms with Gasteiger partial charge in [-0.05, 0) is 49.4 Å². The van der Waals surface area contributed by atoms with Crippen LogP contribution < -0.4 is 0 Å². The van der Waals surface area contributed by atoms with Gasteiger partial charge in [0, 0.05) is 12.5 Å². The molecule has 2 rings (SSSR count). The van der Waals surface area contributed by atoms with Crippen molar-refractivity contribution in [1.29, 1.82) is 0 Å².